The lowest BCUT2D eigenvalue weighted by Crippen LogP contribution is -2.48. The van der Waals surface area contributed by atoms with Gasteiger partial charge in [0.15, 0.2) is 0 Å². The maximum atomic E-state index is 12.3. The number of hydrogen-bond donors (Lipinski definition) is 2. The van der Waals surface area contributed by atoms with Gasteiger partial charge < -0.3 is 9.84 Å². The molecule has 0 aromatic carbocycles. The Morgan fingerprint density at radius 1 is 1.21 bits per heavy atom. The number of halogens is 4. The highest BCUT2D eigenvalue weighted by Crippen LogP contribution is 2.38. The Morgan fingerprint density at radius 3 is 1.93 bits per heavy atom. The monoisotopic (exact) mass is 242 g/mol. The van der Waals surface area contributed by atoms with Crippen LogP contribution in [0.3, 0.4) is 0 Å². The number of aliphatic hydroxyl groups excluding tert-OH is 1. The fourth-order valence-electron chi connectivity index (χ4n) is 0.408. The van der Waals surface area contributed by atoms with E-state index in [0.29, 0.717) is 0 Å². The van der Waals surface area contributed by atoms with Crippen molar-refractivity contribution in [2.24, 2.45) is 0 Å². The number of alkyl halides is 4. The molecule has 0 saturated heterocycles. The number of aliphatic hydroxyl groups is 1. The first-order valence-corrected chi connectivity index (χ1v) is 4.48. The molecule has 2 N–H and O–H groups in total. The lowest BCUT2D eigenvalue weighted by molar-refractivity contribution is -0.319. The molecule has 0 aliphatic rings. The van der Waals surface area contributed by atoms with E-state index < -0.39 is 34.7 Å². The molecule has 0 fully saturated rings. The van der Waals surface area contributed by atoms with Crippen LogP contribution in [0.1, 0.15) is 0 Å². The molecule has 0 atom stereocenters. The topological polar surface area (TPSA) is 83.8 Å². The minimum Gasteiger partial charge on any atom is -0.394 e. The van der Waals surface area contributed by atoms with Crippen LogP contribution in [-0.4, -0.2) is 42.7 Å². The van der Waals surface area contributed by atoms with Crippen LogP contribution in [0.4, 0.5) is 17.6 Å². The van der Waals surface area contributed by atoms with Gasteiger partial charge in [-0.1, -0.05) is 0 Å². The minimum atomic E-state index is -6.28. The molecule has 0 spiro atoms. The summed E-state index contributed by atoms with van der Waals surface area (Å²) in [6.45, 7) is -2.20. The molecule has 0 aliphatic heterocycles. The molecule has 0 amide bonds. The Morgan fingerprint density at radius 2 is 1.64 bits per heavy atom. The summed E-state index contributed by atoms with van der Waals surface area (Å²) in [5.41, 5.74) is 0. The lowest BCUT2D eigenvalue weighted by Gasteiger charge is -2.22. The molecular formula is C4H6F4O5S. The number of ether oxygens (including phenoxy) is 1. The van der Waals surface area contributed by atoms with Gasteiger partial charge in [-0.15, -0.1) is 0 Å². The SMILES string of the molecule is O=S(=O)(O)C(F)(F)C(F)(F)OCCO. The normalized spacial score (nSPS) is 14.4. The molecule has 0 bridgehead atoms. The molecule has 0 saturated carbocycles. The van der Waals surface area contributed by atoms with Crippen molar-refractivity contribution >= 4 is 10.1 Å². The Labute approximate surface area is 76.0 Å². The molecule has 0 rings (SSSR count). The van der Waals surface area contributed by atoms with Crippen molar-refractivity contribution in [3.8, 4) is 0 Å². The van der Waals surface area contributed by atoms with E-state index in [1.54, 1.807) is 0 Å². The molecule has 0 radical (unpaired) electrons. The molecule has 86 valence electrons. The van der Waals surface area contributed by atoms with Crippen molar-refractivity contribution in [3.63, 3.8) is 0 Å². The van der Waals surface area contributed by atoms with Crippen LogP contribution in [0.15, 0.2) is 0 Å². The summed E-state index contributed by atoms with van der Waals surface area (Å²) in [7, 11) is -6.28. The zero-order valence-corrected chi connectivity index (χ0v) is 7.27. The summed E-state index contributed by atoms with van der Waals surface area (Å²) in [5, 5.41) is 2.23. The first-order chi connectivity index (χ1) is 6.06. The molecule has 0 unspecified atom stereocenters. The molecule has 5 nitrogen and oxygen atoms in total. The molecule has 0 heterocycles. The maximum Gasteiger partial charge on any atom is 0.459 e. The zero-order valence-electron chi connectivity index (χ0n) is 6.45. The summed E-state index contributed by atoms with van der Waals surface area (Å²) in [5.74, 6) is 0. The minimum absolute atomic E-state index is 1.00. The average Bonchev–Trinajstić information content (AvgIpc) is 1.98. The van der Waals surface area contributed by atoms with Gasteiger partial charge in [-0.25, -0.2) is 0 Å². The summed E-state index contributed by atoms with van der Waals surface area (Å²) in [4.78, 5) is 0. The van der Waals surface area contributed by atoms with Gasteiger partial charge in [0.25, 0.3) is 0 Å². The molecule has 0 aromatic rings. The van der Waals surface area contributed by atoms with E-state index in [1.807, 2.05) is 0 Å². The number of rotatable bonds is 5. The van der Waals surface area contributed by atoms with Crippen LogP contribution in [0, 0.1) is 0 Å². The lowest BCUT2D eigenvalue weighted by atomic mass is 10.6. The van der Waals surface area contributed by atoms with Crippen molar-refractivity contribution < 1.29 is 40.4 Å². The fraction of sp³-hybridized carbons (Fsp3) is 1.00. The first-order valence-electron chi connectivity index (χ1n) is 3.03. The zero-order chi connectivity index (χ0) is 11.6. The van der Waals surface area contributed by atoms with Gasteiger partial charge >= 0.3 is 21.5 Å². The second kappa shape index (κ2) is 3.96. The largest absolute Gasteiger partial charge is 0.459 e. The third-order valence-corrected chi connectivity index (χ3v) is 1.92. The summed E-state index contributed by atoms with van der Waals surface area (Å²) >= 11 is 0. The maximum absolute atomic E-state index is 12.3. The Hall–Kier alpha value is -0.450. The van der Waals surface area contributed by atoms with Crippen molar-refractivity contribution in [1.82, 2.24) is 0 Å². The van der Waals surface area contributed by atoms with Crippen molar-refractivity contribution in [2.75, 3.05) is 13.2 Å². The molecular weight excluding hydrogens is 236 g/mol. The quantitative estimate of drug-likeness (QED) is 0.526. The highest BCUT2D eigenvalue weighted by atomic mass is 32.2. The van der Waals surface area contributed by atoms with Crippen molar-refractivity contribution in [3.05, 3.63) is 0 Å². The molecule has 14 heavy (non-hydrogen) atoms. The molecule has 0 aromatic heterocycles. The Bertz CT molecular complexity index is 286. The predicted molar refractivity (Wildman–Crippen MR) is 34.5 cm³/mol. The van der Waals surface area contributed by atoms with Gasteiger partial charge in [-0.05, 0) is 0 Å². The van der Waals surface area contributed by atoms with Crippen LogP contribution in [0.2, 0.25) is 0 Å². The van der Waals surface area contributed by atoms with Crippen LogP contribution >= 0.6 is 0 Å². The highest BCUT2D eigenvalue weighted by molar-refractivity contribution is 7.86. The smallest absolute Gasteiger partial charge is 0.394 e. The number of hydrogen-bond acceptors (Lipinski definition) is 4. The molecule has 0 aliphatic carbocycles. The highest BCUT2D eigenvalue weighted by Gasteiger charge is 2.67. The van der Waals surface area contributed by atoms with E-state index in [1.165, 1.54) is 0 Å². The fourth-order valence-corrected chi connectivity index (χ4v) is 0.767. The first kappa shape index (κ1) is 13.5. The predicted octanol–water partition coefficient (Wildman–Crippen LogP) is 0.0687. The van der Waals surface area contributed by atoms with Crippen LogP contribution in [0.5, 0.6) is 0 Å². The third-order valence-electron chi connectivity index (χ3n) is 1.04. The summed E-state index contributed by atoms with van der Waals surface area (Å²) in [6, 6.07) is 0. The molecule has 10 heteroatoms. The third kappa shape index (κ3) is 2.53. The van der Waals surface area contributed by atoms with Crippen LogP contribution < -0.4 is 0 Å². The standard InChI is InChI=1S/C4H6F4O5S/c5-3(6,13-2-1-9)4(7,8)14(10,11)12/h9H,1-2H2,(H,10,11,12). The van der Waals surface area contributed by atoms with Gasteiger partial charge in [0.2, 0.25) is 0 Å². The Kier molecular flexibility index (Phi) is 3.84. The van der Waals surface area contributed by atoms with E-state index in [2.05, 4.69) is 4.74 Å². The summed E-state index contributed by atoms with van der Waals surface area (Å²) in [6.07, 6.45) is -5.40. The van der Waals surface area contributed by atoms with Gasteiger partial charge in [0, 0.05) is 0 Å². The van der Waals surface area contributed by atoms with Gasteiger partial charge in [-0.3, -0.25) is 4.55 Å². The summed E-state index contributed by atoms with van der Waals surface area (Å²) < 4.78 is 79.6. The van der Waals surface area contributed by atoms with Crippen molar-refractivity contribution in [1.29, 1.82) is 0 Å². The Balaban J connectivity index is 4.88. The van der Waals surface area contributed by atoms with E-state index in [0.717, 1.165) is 0 Å². The van der Waals surface area contributed by atoms with E-state index in [4.69, 9.17) is 9.66 Å². The second-order valence-corrected chi connectivity index (χ2v) is 3.54. The van der Waals surface area contributed by atoms with Crippen molar-refractivity contribution in [2.45, 2.75) is 11.4 Å². The van der Waals surface area contributed by atoms with Crippen LogP contribution in [0.25, 0.3) is 0 Å². The van der Waals surface area contributed by atoms with Crippen LogP contribution in [-0.2, 0) is 14.9 Å². The van der Waals surface area contributed by atoms with Gasteiger partial charge in [0.05, 0.1) is 13.2 Å². The van der Waals surface area contributed by atoms with Gasteiger partial charge in [-0.2, -0.15) is 26.0 Å². The van der Waals surface area contributed by atoms with E-state index >= 15 is 0 Å². The second-order valence-electron chi connectivity index (χ2n) is 2.08. The average molecular weight is 242 g/mol. The van der Waals surface area contributed by atoms with E-state index in [9.17, 15) is 26.0 Å². The van der Waals surface area contributed by atoms with E-state index in [-0.39, 0.29) is 0 Å². The van der Waals surface area contributed by atoms with Gasteiger partial charge in [0.1, 0.15) is 0 Å².